The van der Waals surface area contributed by atoms with Crippen LogP contribution in [-0.4, -0.2) is 0 Å². The van der Waals surface area contributed by atoms with E-state index in [0.717, 1.165) is 0 Å². The summed E-state index contributed by atoms with van der Waals surface area (Å²) in [4.78, 5) is 0. The van der Waals surface area contributed by atoms with E-state index in [1.807, 2.05) is 0 Å². The number of hydrogen-bond donors (Lipinski definition) is 0. The summed E-state index contributed by atoms with van der Waals surface area (Å²) in [6.07, 6.45) is 22.8. The Morgan fingerprint density at radius 3 is 0.966 bits per heavy atom. The van der Waals surface area contributed by atoms with Crippen molar-refractivity contribution in [2.24, 2.45) is 16.2 Å². The van der Waals surface area contributed by atoms with Gasteiger partial charge >= 0.3 is 0 Å². The van der Waals surface area contributed by atoms with Crippen LogP contribution in [0.25, 0.3) is 0 Å². The van der Waals surface area contributed by atoms with Crippen LogP contribution in [0.2, 0.25) is 0 Å². The third-order valence-corrected chi connectivity index (χ3v) is 6.55. The van der Waals surface area contributed by atoms with E-state index >= 15 is 0 Å². The highest BCUT2D eigenvalue weighted by Crippen LogP contribution is 2.68. The fourth-order valence-electron chi connectivity index (χ4n) is 4.93. The number of allylic oxidation sites excluding steroid dienone is 8. The van der Waals surface area contributed by atoms with Crippen LogP contribution in [0.3, 0.4) is 0 Å². The van der Waals surface area contributed by atoms with Crippen LogP contribution in [0, 0.1) is 76.4 Å². The molecule has 0 N–H and O–H groups in total. The number of hydrogen-bond acceptors (Lipinski definition) is 0. The monoisotopic (exact) mass is 382 g/mol. The zero-order chi connectivity index (χ0) is 21.2. The first-order valence-electron chi connectivity index (χ1n) is 10.8. The van der Waals surface area contributed by atoms with Gasteiger partial charge in [0.05, 0.1) is 0 Å². The average molecular weight is 383 g/mol. The predicted octanol–water partition coefficient (Wildman–Crippen LogP) is 7.39. The predicted molar refractivity (Wildman–Crippen MR) is 124 cm³/mol. The molecule has 0 atom stereocenters. The van der Waals surface area contributed by atoms with Gasteiger partial charge in [-0.25, -0.2) is 0 Å². The first-order chi connectivity index (χ1) is 13.4. The quantitative estimate of drug-likeness (QED) is 0.467. The SMILES string of the molecule is CC(C)(C)[C]1[CH][C](C(C)(C)[C]2[CH][C](C(C)(C)C)[C]3C=CC=C[C]32)[C]2C=CC=C[C]21. The van der Waals surface area contributed by atoms with Gasteiger partial charge in [0, 0.05) is 23.7 Å². The van der Waals surface area contributed by atoms with E-state index in [2.05, 4.69) is 117 Å². The molecule has 0 amide bonds. The highest BCUT2D eigenvalue weighted by molar-refractivity contribution is 5.74. The van der Waals surface area contributed by atoms with Crippen molar-refractivity contribution in [2.45, 2.75) is 55.4 Å². The molecule has 4 aliphatic rings. The first-order valence-corrected chi connectivity index (χ1v) is 10.8. The zero-order valence-corrected chi connectivity index (χ0v) is 19.3. The highest BCUT2D eigenvalue weighted by Gasteiger charge is 2.59. The van der Waals surface area contributed by atoms with Gasteiger partial charge in [-0.05, 0) is 52.8 Å². The Labute approximate surface area is 180 Å². The van der Waals surface area contributed by atoms with Gasteiger partial charge in [-0.3, -0.25) is 0 Å². The Kier molecular flexibility index (Phi) is 5.12. The molecule has 150 valence electrons. The summed E-state index contributed by atoms with van der Waals surface area (Å²) in [5.74, 6) is 11.4. The number of rotatable bonds is 2. The fraction of sp³-hybridized carbons (Fsp3) is 0.379. The van der Waals surface area contributed by atoms with Crippen LogP contribution >= 0.6 is 0 Å². The lowest BCUT2D eigenvalue weighted by atomic mass is 9.61. The lowest BCUT2D eigenvalue weighted by molar-refractivity contribution is 0.419. The summed E-state index contributed by atoms with van der Waals surface area (Å²) in [5, 5.41) is 0. The summed E-state index contributed by atoms with van der Waals surface area (Å²) in [7, 11) is 0. The molecule has 0 saturated heterocycles. The summed E-state index contributed by atoms with van der Waals surface area (Å²) in [5.41, 5.74) is 0.170. The summed E-state index contributed by atoms with van der Waals surface area (Å²) >= 11 is 0. The lowest BCUT2D eigenvalue weighted by Crippen LogP contribution is -2.34. The summed E-state index contributed by atoms with van der Waals surface area (Å²) in [6.45, 7) is 18.7. The third-order valence-electron chi connectivity index (χ3n) is 6.55. The van der Waals surface area contributed by atoms with Crippen molar-refractivity contribution < 1.29 is 0 Å². The van der Waals surface area contributed by atoms with Gasteiger partial charge in [-0.15, -0.1) is 0 Å². The van der Waals surface area contributed by atoms with E-state index < -0.39 is 0 Å². The molecule has 0 spiro atoms. The second-order valence-electron chi connectivity index (χ2n) is 11.2. The van der Waals surface area contributed by atoms with E-state index in [0.29, 0.717) is 0 Å². The molecule has 4 aliphatic carbocycles. The molecule has 2 fully saturated rings. The van der Waals surface area contributed by atoms with Crippen molar-refractivity contribution in [3.63, 3.8) is 0 Å². The van der Waals surface area contributed by atoms with Gasteiger partial charge in [0.1, 0.15) is 0 Å². The molecule has 0 aromatic rings. The van der Waals surface area contributed by atoms with Crippen LogP contribution in [0.4, 0.5) is 0 Å². The molecule has 0 unspecified atom stereocenters. The van der Waals surface area contributed by atoms with Gasteiger partial charge in [-0.2, -0.15) is 0 Å². The van der Waals surface area contributed by atoms with Crippen LogP contribution in [0.1, 0.15) is 55.4 Å². The Hall–Kier alpha value is -1.04. The molecule has 0 bridgehead atoms. The van der Waals surface area contributed by atoms with Gasteiger partial charge in [0.15, 0.2) is 0 Å². The molecule has 0 heteroatoms. The molecule has 29 heavy (non-hydrogen) atoms. The van der Waals surface area contributed by atoms with E-state index in [-0.39, 0.29) is 16.2 Å². The largest absolute Gasteiger partial charge is 0.0759 e. The van der Waals surface area contributed by atoms with Crippen LogP contribution in [-0.2, 0) is 0 Å². The molecule has 0 aliphatic heterocycles. The van der Waals surface area contributed by atoms with E-state index in [9.17, 15) is 0 Å². The lowest BCUT2D eigenvalue weighted by Gasteiger charge is -2.42. The smallest absolute Gasteiger partial charge is 0.0167 e. The Morgan fingerprint density at radius 1 is 0.414 bits per heavy atom. The van der Waals surface area contributed by atoms with Gasteiger partial charge < -0.3 is 0 Å². The average Bonchev–Trinajstić information content (AvgIpc) is 3.21. The van der Waals surface area contributed by atoms with Crippen LogP contribution in [0.5, 0.6) is 0 Å². The maximum atomic E-state index is 2.48. The molecule has 0 nitrogen and oxygen atoms in total. The normalized spacial score (nSPS) is 26.8. The summed E-state index contributed by atoms with van der Waals surface area (Å²) in [6, 6.07) is 0. The molecule has 10 radical (unpaired) electrons. The molecular formula is C29H34. The van der Waals surface area contributed by atoms with Crippen LogP contribution in [0.15, 0.2) is 48.6 Å². The fourth-order valence-corrected chi connectivity index (χ4v) is 4.93. The molecule has 2 saturated carbocycles. The van der Waals surface area contributed by atoms with Crippen molar-refractivity contribution >= 4 is 0 Å². The third kappa shape index (κ3) is 3.53. The van der Waals surface area contributed by atoms with Crippen molar-refractivity contribution in [1.82, 2.24) is 0 Å². The van der Waals surface area contributed by atoms with Crippen molar-refractivity contribution in [3.8, 4) is 0 Å². The zero-order valence-electron chi connectivity index (χ0n) is 19.3. The Morgan fingerprint density at radius 2 is 0.690 bits per heavy atom. The van der Waals surface area contributed by atoms with E-state index in [4.69, 9.17) is 0 Å². The molecule has 4 rings (SSSR count). The van der Waals surface area contributed by atoms with Crippen molar-refractivity contribution in [2.75, 3.05) is 0 Å². The minimum absolute atomic E-state index is 0.0772. The van der Waals surface area contributed by atoms with Gasteiger partial charge in [0.2, 0.25) is 0 Å². The second-order valence-corrected chi connectivity index (χ2v) is 11.2. The second kappa shape index (κ2) is 7.00. The molecule has 0 heterocycles. The van der Waals surface area contributed by atoms with Gasteiger partial charge in [-0.1, -0.05) is 104 Å². The molecular weight excluding hydrogens is 348 g/mol. The minimum Gasteiger partial charge on any atom is -0.0759 e. The van der Waals surface area contributed by atoms with E-state index in [1.165, 1.54) is 47.3 Å². The highest BCUT2D eigenvalue weighted by atomic mass is 14.6. The molecule has 0 aromatic heterocycles. The summed E-state index contributed by atoms with van der Waals surface area (Å²) < 4.78 is 0. The molecule has 0 aromatic carbocycles. The maximum absolute atomic E-state index is 2.48. The minimum atomic E-state index is -0.0772. The van der Waals surface area contributed by atoms with E-state index in [1.54, 1.807) is 0 Å². The van der Waals surface area contributed by atoms with Crippen molar-refractivity contribution in [1.29, 1.82) is 0 Å². The number of fused-ring (bicyclic) bond motifs is 2. The topological polar surface area (TPSA) is 0 Å². The maximum Gasteiger partial charge on any atom is 0.0167 e. The van der Waals surface area contributed by atoms with Crippen LogP contribution < -0.4 is 0 Å². The van der Waals surface area contributed by atoms with Crippen molar-refractivity contribution in [3.05, 3.63) is 109 Å². The Balaban J connectivity index is 1.67. The first kappa shape index (κ1) is 21.2. The standard InChI is InChI=1S/C29H34/c1-27(2,3)23-17-25(21-15-11-9-13-19(21)23)29(7,8)26-18-24(28(4,5)6)20-14-10-12-16-22(20)26/h9-18H,1-8H3. The van der Waals surface area contributed by atoms with Gasteiger partial charge in [0.25, 0.3) is 0 Å². The Bertz CT molecular complexity index is 667.